The van der Waals surface area contributed by atoms with Gasteiger partial charge in [0.15, 0.2) is 0 Å². The van der Waals surface area contributed by atoms with Crippen molar-refractivity contribution in [3.8, 4) is 0 Å². The molecule has 0 aromatic heterocycles. The van der Waals surface area contributed by atoms with Gasteiger partial charge in [0.25, 0.3) is 0 Å². The molecule has 0 spiro atoms. The quantitative estimate of drug-likeness (QED) is 0.485. The van der Waals surface area contributed by atoms with Crippen LogP contribution in [0.25, 0.3) is 0 Å². The summed E-state index contributed by atoms with van der Waals surface area (Å²) in [5.41, 5.74) is -0.0278. The smallest absolute Gasteiger partial charge is 0.138 e. The predicted molar refractivity (Wildman–Crippen MR) is 37.2 cm³/mol. The summed E-state index contributed by atoms with van der Waals surface area (Å²) in [4.78, 5) is 11.1. The molecule has 0 saturated heterocycles. The summed E-state index contributed by atoms with van der Waals surface area (Å²) in [5.74, 6) is 1.03. The Balaban J connectivity index is 2.78. The summed E-state index contributed by atoms with van der Waals surface area (Å²) in [6.45, 7) is 6.25. The van der Waals surface area contributed by atoms with Gasteiger partial charge in [0, 0.05) is 11.8 Å². The van der Waals surface area contributed by atoms with Gasteiger partial charge in [0.1, 0.15) is 5.78 Å². The second-order valence-electron chi connectivity index (χ2n) is 3.58. The molecule has 0 aromatic carbocycles. The normalized spacial score (nSPS) is 33.2. The number of hydrogen-bond donors (Lipinski definition) is 0. The Hall–Kier alpha value is -0.330. The van der Waals surface area contributed by atoms with Crippen LogP contribution in [0.1, 0.15) is 33.6 Å². The van der Waals surface area contributed by atoms with Crippen LogP contribution >= 0.6 is 0 Å². The molecule has 0 N–H and O–H groups in total. The predicted octanol–water partition coefficient (Wildman–Crippen LogP) is 2.01. The summed E-state index contributed by atoms with van der Waals surface area (Å²) in [5, 5.41) is 0. The van der Waals surface area contributed by atoms with Crippen molar-refractivity contribution in [2.45, 2.75) is 33.6 Å². The highest BCUT2D eigenvalue weighted by molar-refractivity contribution is 5.86. The van der Waals surface area contributed by atoms with Crippen molar-refractivity contribution in [1.82, 2.24) is 0 Å². The molecule has 9 heavy (non-hydrogen) atoms. The second kappa shape index (κ2) is 1.83. The maximum absolute atomic E-state index is 11.1. The number of carbonyl (C=O) groups excluding carboxylic acids is 1. The molecule has 0 unspecified atom stereocenters. The van der Waals surface area contributed by atoms with Crippen molar-refractivity contribution >= 4 is 5.78 Å². The third-order valence-corrected chi connectivity index (χ3v) is 2.76. The molecular weight excluding hydrogens is 112 g/mol. The average molecular weight is 126 g/mol. The monoisotopic (exact) mass is 126 g/mol. The molecule has 0 aromatic rings. The van der Waals surface area contributed by atoms with E-state index in [2.05, 4.69) is 6.92 Å². The van der Waals surface area contributed by atoms with Gasteiger partial charge in [-0.3, -0.25) is 4.79 Å². The van der Waals surface area contributed by atoms with Gasteiger partial charge in [-0.1, -0.05) is 20.8 Å². The van der Waals surface area contributed by atoms with Crippen LogP contribution in [-0.2, 0) is 4.79 Å². The number of carbonyl (C=O) groups is 1. The van der Waals surface area contributed by atoms with E-state index in [0.717, 1.165) is 12.8 Å². The van der Waals surface area contributed by atoms with Crippen LogP contribution in [0.15, 0.2) is 0 Å². The first kappa shape index (κ1) is 6.79. The molecule has 1 aliphatic carbocycles. The van der Waals surface area contributed by atoms with Gasteiger partial charge in [-0.05, 0) is 12.3 Å². The lowest BCUT2D eigenvalue weighted by Gasteiger charge is -2.20. The molecule has 1 nitrogen and oxygen atoms in total. The second-order valence-corrected chi connectivity index (χ2v) is 3.58. The van der Waals surface area contributed by atoms with Crippen molar-refractivity contribution in [3.63, 3.8) is 0 Å². The number of ketones is 1. The van der Waals surface area contributed by atoms with Gasteiger partial charge < -0.3 is 0 Å². The van der Waals surface area contributed by atoms with E-state index in [1.807, 2.05) is 13.8 Å². The minimum atomic E-state index is -0.0278. The maximum Gasteiger partial charge on any atom is 0.138 e. The fourth-order valence-electron chi connectivity index (χ4n) is 1.31. The Kier molecular flexibility index (Phi) is 1.38. The van der Waals surface area contributed by atoms with E-state index >= 15 is 0 Å². The number of Topliss-reactive ketones (excluding diaryl/α,β-unsaturated/α-hetero) is 1. The van der Waals surface area contributed by atoms with Crippen LogP contribution in [0.4, 0.5) is 0 Å². The summed E-state index contributed by atoms with van der Waals surface area (Å²) < 4.78 is 0. The Bertz CT molecular complexity index is 136. The summed E-state index contributed by atoms with van der Waals surface area (Å²) in [6, 6.07) is 0. The summed E-state index contributed by atoms with van der Waals surface area (Å²) in [6.07, 6.45) is 1.89. The highest BCUT2D eigenvalue weighted by atomic mass is 16.1. The molecule has 1 rings (SSSR count). The number of hydrogen-bond acceptors (Lipinski definition) is 1. The molecule has 0 aliphatic heterocycles. The topological polar surface area (TPSA) is 17.1 Å². The van der Waals surface area contributed by atoms with Gasteiger partial charge in [0.05, 0.1) is 0 Å². The van der Waals surface area contributed by atoms with Crippen LogP contribution < -0.4 is 0 Å². The van der Waals surface area contributed by atoms with Gasteiger partial charge in [-0.2, -0.15) is 0 Å². The van der Waals surface area contributed by atoms with Crippen molar-refractivity contribution < 1.29 is 4.79 Å². The van der Waals surface area contributed by atoms with Crippen molar-refractivity contribution in [2.75, 3.05) is 0 Å². The van der Waals surface area contributed by atoms with E-state index in [-0.39, 0.29) is 5.41 Å². The van der Waals surface area contributed by atoms with Crippen LogP contribution in [0.5, 0.6) is 0 Å². The standard InChI is InChI=1S/C8H14O/c1-6-4-5-7(9)8(6,2)3/h6H,4-5H2,1-3H3/t6-/m0/s1. The summed E-state index contributed by atoms with van der Waals surface area (Å²) >= 11 is 0. The minimum absolute atomic E-state index is 0.0278. The van der Waals surface area contributed by atoms with E-state index in [0.29, 0.717) is 11.7 Å². The fraction of sp³-hybridized carbons (Fsp3) is 0.875. The van der Waals surface area contributed by atoms with Crippen LogP contribution in [0.3, 0.4) is 0 Å². The van der Waals surface area contributed by atoms with Crippen LogP contribution in [0.2, 0.25) is 0 Å². The Labute approximate surface area is 56.4 Å². The molecule has 1 aliphatic rings. The lowest BCUT2D eigenvalue weighted by molar-refractivity contribution is -0.125. The zero-order valence-corrected chi connectivity index (χ0v) is 6.40. The van der Waals surface area contributed by atoms with Gasteiger partial charge in [-0.25, -0.2) is 0 Å². The van der Waals surface area contributed by atoms with Gasteiger partial charge in [-0.15, -0.1) is 0 Å². The van der Waals surface area contributed by atoms with Crippen molar-refractivity contribution in [3.05, 3.63) is 0 Å². The Morgan fingerprint density at radius 2 is 2.11 bits per heavy atom. The molecule has 0 amide bonds. The van der Waals surface area contributed by atoms with Crippen molar-refractivity contribution in [1.29, 1.82) is 0 Å². The van der Waals surface area contributed by atoms with E-state index in [9.17, 15) is 4.79 Å². The average Bonchev–Trinajstić information content (AvgIpc) is 1.96. The van der Waals surface area contributed by atoms with Crippen LogP contribution in [-0.4, -0.2) is 5.78 Å². The maximum atomic E-state index is 11.1. The third kappa shape index (κ3) is 0.887. The lowest BCUT2D eigenvalue weighted by atomic mass is 9.83. The van der Waals surface area contributed by atoms with E-state index in [4.69, 9.17) is 0 Å². The lowest BCUT2D eigenvalue weighted by Crippen LogP contribution is -2.22. The van der Waals surface area contributed by atoms with E-state index in [1.165, 1.54) is 0 Å². The summed E-state index contributed by atoms with van der Waals surface area (Å²) in [7, 11) is 0. The Morgan fingerprint density at radius 3 is 2.22 bits per heavy atom. The molecule has 0 radical (unpaired) electrons. The van der Waals surface area contributed by atoms with E-state index in [1.54, 1.807) is 0 Å². The van der Waals surface area contributed by atoms with Crippen molar-refractivity contribution in [2.24, 2.45) is 11.3 Å². The molecule has 1 heteroatoms. The number of rotatable bonds is 0. The first-order chi connectivity index (χ1) is 4.05. The zero-order valence-electron chi connectivity index (χ0n) is 6.40. The molecule has 52 valence electrons. The Morgan fingerprint density at radius 1 is 1.56 bits per heavy atom. The molecule has 1 fully saturated rings. The molecule has 1 saturated carbocycles. The SMILES string of the molecule is C[C@H]1CCC(=O)C1(C)C. The first-order valence-corrected chi connectivity index (χ1v) is 3.58. The molecule has 0 bridgehead atoms. The minimum Gasteiger partial charge on any atom is -0.299 e. The molecular formula is C8H14O. The highest BCUT2D eigenvalue weighted by Gasteiger charge is 2.38. The van der Waals surface area contributed by atoms with E-state index < -0.39 is 0 Å². The molecule has 1 atom stereocenters. The van der Waals surface area contributed by atoms with Gasteiger partial charge >= 0.3 is 0 Å². The third-order valence-electron chi connectivity index (χ3n) is 2.76. The fourth-order valence-corrected chi connectivity index (χ4v) is 1.31. The largest absolute Gasteiger partial charge is 0.299 e. The van der Waals surface area contributed by atoms with Gasteiger partial charge in [0.2, 0.25) is 0 Å². The molecule has 0 heterocycles. The van der Waals surface area contributed by atoms with Crippen LogP contribution in [0, 0.1) is 11.3 Å². The highest BCUT2D eigenvalue weighted by Crippen LogP contribution is 2.38. The zero-order chi connectivity index (χ0) is 7.07. The first-order valence-electron chi connectivity index (χ1n) is 3.58.